The van der Waals surface area contributed by atoms with Crippen molar-refractivity contribution in [2.24, 2.45) is 0 Å². The van der Waals surface area contributed by atoms with Gasteiger partial charge >= 0.3 is 0 Å². The van der Waals surface area contributed by atoms with Gasteiger partial charge in [-0.05, 0) is 31.0 Å². The number of benzene rings is 1. The Morgan fingerprint density at radius 1 is 1.20 bits per heavy atom. The zero-order valence-electron chi connectivity index (χ0n) is 12.2. The summed E-state index contributed by atoms with van der Waals surface area (Å²) in [4.78, 5) is 0. The number of anilines is 1. The normalized spacial score (nSPS) is 10.5. The number of hydrogen-bond donors (Lipinski definition) is 1. The number of nitrogens with zero attached hydrogens (tertiary/aromatic N) is 1. The molecule has 2 aromatic rings. The van der Waals surface area contributed by atoms with Crippen LogP contribution in [0.4, 0.5) is 5.82 Å². The van der Waals surface area contributed by atoms with Gasteiger partial charge in [0.15, 0.2) is 5.82 Å². The lowest BCUT2D eigenvalue weighted by Crippen LogP contribution is -2.01. The standard InChI is InChI=1S/C16H22N2O2/c1-3-4-5-10-19-15-8-6-14(7-9-15)11-17-16-13(2)12-20-18-16/h6-9,12H,3-5,10-11H2,1-2H3,(H,17,18). The van der Waals surface area contributed by atoms with Gasteiger partial charge in [-0.25, -0.2) is 0 Å². The van der Waals surface area contributed by atoms with Gasteiger partial charge in [0, 0.05) is 12.1 Å². The van der Waals surface area contributed by atoms with Crippen molar-refractivity contribution in [3.05, 3.63) is 41.7 Å². The van der Waals surface area contributed by atoms with Crippen molar-refractivity contribution in [1.82, 2.24) is 5.16 Å². The van der Waals surface area contributed by atoms with Crippen molar-refractivity contribution in [2.45, 2.75) is 39.7 Å². The molecule has 1 aromatic heterocycles. The first-order chi connectivity index (χ1) is 9.79. The number of rotatable bonds is 8. The first-order valence-electron chi connectivity index (χ1n) is 7.16. The molecule has 0 atom stereocenters. The second-order valence-corrected chi connectivity index (χ2v) is 4.90. The molecule has 0 aliphatic carbocycles. The minimum absolute atomic E-state index is 0.726. The predicted molar refractivity (Wildman–Crippen MR) is 80.0 cm³/mol. The van der Waals surface area contributed by atoms with Gasteiger partial charge < -0.3 is 14.6 Å². The molecule has 0 aliphatic rings. The number of hydrogen-bond acceptors (Lipinski definition) is 4. The van der Waals surface area contributed by atoms with E-state index >= 15 is 0 Å². The lowest BCUT2D eigenvalue weighted by Gasteiger charge is -2.07. The zero-order valence-corrected chi connectivity index (χ0v) is 12.2. The molecule has 0 fully saturated rings. The van der Waals surface area contributed by atoms with E-state index < -0.39 is 0 Å². The fraction of sp³-hybridized carbons (Fsp3) is 0.438. The average Bonchev–Trinajstić information content (AvgIpc) is 2.88. The Hall–Kier alpha value is -1.97. The lowest BCUT2D eigenvalue weighted by molar-refractivity contribution is 0.306. The van der Waals surface area contributed by atoms with Crippen LogP contribution in [0.5, 0.6) is 5.75 Å². The van der Waals surface area contributed by atoms with Crippen LogP contribution in [0, 0.1) is 6.92 Å². The summed E-state index contributed by atoms with van der Waals surface area (Å²) in [6.45, 7) is 5.68. The molecule has 0 spiro atoms. The maximum atomic E-state index is 5.68. The summed E-state index contributed by atoms with van der Waals surface area (Å²) < 4.78 is 10.6. The Morgan fingerprint density at radius 2 is 2.00 bits per heavy atom. The Balaban J connectivity index is 1.78. The third kappa shape index (κ3) is 4.30. The third-order valence-corrected chi connectivity index (χ3v) is 3.15. The van der Waals surface area contributed by atoms with Gasteiger partial charge in [-0.2, -0.15) is 0 Å². The lowest BCUT2D eigenvalue weighted by atomic mass is 10.2. The van der Waals surface area contributed by atoms with Crippen molar-refractivity contribution < 1.29 is 9.26 Å². The largest absolute Gasteiger partial charge is 0.494 e. The molecule has 0 bridgehead atoms. The number of unbranched alkanes of at least 4 members (excludes halogenated alkanes) is 2. The molecule has 0 aliphatic heterocycles. The number of aryl methyl sites for hydroxylation is 1. The van der Waals surface area contributed by atoms with Gasteiger partial charge in [0.05, 0.1) is 6.61 Å². The fourth-order valence-electron chi connectivity index (χ4n) is 1.89. The second kappa shape index (κ2) is 7.58. The molecule has 1 heterocycles. The Kier molecular flexibility index (Phi) is 5.47. The molecule has 0 radical (unpaired) electrons. The first kappa shape index (κ1) is 14.4. The Bertz CT molecular complexity index is 505. The van der Waals surface area contributed by atoms with Crippen LogP contribution in [0.2, 0.25) is 0 Å². The highest BCUT2D eigenvalue weighted by molar-refractivity contribution is 5.41. The highest BCUT2D eigenvalue weighted by atomic mass is 16.5. The maximum Gasteiger partial charge on any atom is 0.172 e. The van der Waals surface area contributed by atoms with Gasteiger partial charge in [-0.3, -0.25) is 0 Å². The van der Waals surface area contributed by atoms with Crippen molar-refractivity contribution >= 4 is 5.82 Å². The van der Waals surface area contributed by atoms with Crippen LogP contribution >= 0.6 is 0 Å². The van der Waals surface area contributed by atoms with Crippen molar-refractivity contribution in [1.29, 1.82) is 0 Å². The summed E-state index contributed by atoms with van der Waals surface area (Å²) in [5, 5.41) is 7.14. The van der Waals surface area contributed by atoms with Crippen molar-refractivity contribution in [3.63, 3.8) is 0 Å². The van der Waals surface area contributed by atoms with Crippen molar-refractivity contribution in [3.8, 4) is 5.75 Å². The molecule has 0 amide bonds. The molecule has 1 aromatic carbocycles. The van der Waals surface area contributed by atoms with Gasteiger partial charge in [0.1, 0.15) is 12.0 Å². The molecule has 4 nitrogen and oxygen atoms in total. The number of nitrogens with one attached hydrogen (secondary N) is 1. The van der Waals surface area contributed by atoms with Gasteiger partial charge in [0.2, 0.25) is 0 Å². The van der Waals surface area contributed by atoms with Crippen LogP contribution in [0.3, 0.4) is 0 Å². The second-order valence-electron chi connectivity index (χ2n) is 4.90. The SMILES string of the molecule is CCCCCOc1ccc(CNc2nocc2C)cc1. The minimum Gasteiger partial charge on any atom is -0.494 e. The molecular weight excluding hydrogens is 252 g/mol. The molecule has 0 saturated carbocycles. The minimum atomic E-state index is 0.726. The number of aromatic nitrogens is 1. The predicted octanol–water partition coefficient (Wildman–Crippen LogP) is 4.16. The van der Waals surface area contributed by atoms with Crippen LogP contribution in [-0.4, -0.2) is 11.8 Å². The van der Waals surface area contributed by atoms with Crippen LogP contribution in [0.1, 0.15) is 37.3 Å². The van der Waals surface area contributed by atoms with E-state index in [-0.39, 0.29) is 0 Å². The summed E-state index contributed by atoms with van der Waals surface area (Å²) in [5.74, 6) is 1.73. The highest BCUT2D eigenvalue weighted by Crippen LogP contribution is 2.15. The topological polar surface area (TPSA) is 47.3 Å². The molecule has 0 saturated heterocycles. The molecule has 2 rings (SSSR count). The smallest absolute Gasteiger partial charge is 0.172 e. The molecular formula is C16H22N2O2. The zero-order chi connectivity index (χ0) is 14.2. The summed E-state index contributed by atoms with van der Waals surface area (Å²) in [5.41, 5.74) is 2.20. The van der Waals surface area contributed by atoms with E-state index in [1.165, 1.54) is 18.4 Å². The van der Waals surface area contributed by atoms with Gasteiger partial charge in [0.25, 0.3) is 0 Å². The summed E-state index contributed by atoms with van der Waals surface area (Å²) in [6, 6.07) is 8.16. The van der Waals surface area contributed by atoms with E-state index in [2.05, 4.69) is 29.5 Å². The molecule has 108 valence electrons. The van der Waals surface area contributed by atoms with Crippen LogP contribution in [0.25, 0.3) is 0 Å². The fourth-order valence-corrected chi connectivity index (χ4v) is 1.89. The maximum absolute atomic E-state index is 5.68. The van der Waals surface area contributed by atoms with Crippen LogP contribution < -0.4 is 10.1 Å². The molecule has 20 heavy (non-hydrogen) atoms. The summed E-state index contributed by atoms with van der Waals surface area (Å²) in [7, 11) is 0. The van der Waals surface area contributed by atoms with E-state index in [0.29, 0.717) is 0 Å². The van der Waals surface area contributed by atoms with Gasteiger partial charge in [-0.15, -0.1) is 0 Å². The Labute approximate surface area is 120 Å². The summed E-state index contributed by atoms with van der Waals surface area (Å²) in [6.07, 6.45) is 5.19. The monoisotopic (exact) mass is 274 g/mol. The van der Waals surface area contributed by atoms with E-state index in [4.69, 9.17) is 9.26 Å². The average molecular weight is 274 g/mol. The van der Waals surface area contributed by atoms with E-state index in [1.807, 2.05) is 19.1 Å². The highest BCUT2D eigenvalue weighted by Gasteiger charge is 2.02. The van der Waals surface area contributed by atoms with E-state index in [9.17, 15) is 0 Å². The molecule has 4 heteroatoms. The molecule has 0 unspecified atom stereocenters. The van der Waals surface area contributed by atoms with Gasteiger partial charge in [-0.1, -0.05) is 37.1 Å². The quantitative estimate of drug-likeness (QED) is 0.734. The third-order valence-electron chi connectivity index (χ3n) is 3.15. The van der Waals surface area contributed by atoms with E-state index in [1.54, 1.807) is 6.26 Å². The summed E-state index contributed by atoms with van der Waals surface area (Å²) >= 11 is 0. The number of ether oxygens (including phenoxy) is 1. The van der Waals surface area contributed by atoms with Crippen LogP contribution in [-0.2, 0) is 6.54 Å². The first-order valence-corrected chi connectivity index (χ1v) is 7.16. The van der Waals surface area contributed by atoms with Crippen LogP contribution in [0.15, 0.2) is 35.1 Å². The van der Waals surface area contributed by atoms with Crippen molar-refractivity contribution in [2.75, 3.05) is 11.9 Å². The Morgan fingerprint density at radius 3 is 2.65 bits per heavy atom. The van der Waals surface area contributed by atoms with E-state index in [0.717, 1.165) is 36.7 Å². The molecule has 1 N–H and O–H groups in total.